The number of halogens is 1. The molecule has 1 aromatic heterocycles. The number of nitrogens with zero attached hydrogens (tertiary/aromatic N) is 2. The first-order valence-corrected chi connectivity index (χ1v) is 5.60. The van der Waals surface area contributed by atoms with Crippen molar-refractivity contribution in [2.75, 3.05) is 26.3 Å². The smallest absolute Gasteiger partial charge is 0.0814 e. The first-order valence-electron chi connectivity index (χ1n) is 5.22. The van der Waals surface area contributed by atoms with Crippen molar-refractivity contribution in [1.29, 1.82) is 0 Å². The molecule has 1 aromatic rings. The van der Waals surface area contributed by atoms with Crippen LogP contribution in [-0.4, -0.2) is 36.1 Å². The maximum atomic E-state index is 5.89. The Morgan fingerprint density at radius 3 is 2.93 bits per heavy atom. The van der Waals surface area contributed by atoms with Crippen LogP contribution in [0.1, 0.15) is 12.6 Å². The summed E-state index contributed by atoms with van der Waals surface area (Å²) in [4.78, 5) is 0. The minimum atomic E-state index is 0.726. The van der Waals surface area contributed by atoms with Crippen molar-refractivity contribution < 1.29 is 4.74 Å². The van der Waals surface area contributed by atoms with Crippen LogP contribution in [0.15, 0.2) is 6.20 Å². The number of hydrogen-bond acceptors (Lipinski definition) is 3. The Labute approximate surface area is 95.6 Å². The summed E-state index contributed by atoms with van der Waals surface area (Å²) in [6.07, 6.45) is 1.68. The van der Waals surface area contributed by atoms with Gasteiger partial charge in [0.15, 0.2) is 0 Å². The molecule has 86 valence electrons. The molecule has 1 rings (SSSR count). The van der Waals surface area contributed by atoms with E-state index in [9.17, 15) is 0 Å². The van der Waals surface area contributed by atoms with Gasteiger partial charge in [0.1, 0.15) is 0 Å². The zero-order valence-corrected chi connectivity index (χ0v) is 10.0. The van der Waals surface area contributed by atoms with E-state index in [4.69, 9.17) is 16.3 Å². The van der Waals surface area contributed by atoms with Gasteiger partial charge in [-0.3, -0.25) is 4.68 Å². The van der Waals surface area contributed by atoms with Crippen molar-refractivity contribution in [2.45, 2.75) is 20.4 Å². The molecule has 0 saturated carbocycles. The molecule has 5 heteroatoms. The Hall–Kier alpha value is -0.580. The normalized spacial score (nSPS) is 10.9. The fraction of sp³-hybridized carbons (Fsp3) is 0.700. The van der Waals surface area contributed by atoms with Gasteiger partial charge in [0.25, 0.3) is 0 Å². The first kappa shape index (κ1) is 12.5. The van der Waals surface area contributed by atoms with Crippen LogP contribution in [0.5, 0.6) is 0 Å². The summed E-state index contributed by atoms with van der Waals surface area (Å²) in [6, 6.07) is 0. The molecule has 0 amide bonds. The standard InChI is InChI=1S/C10H18ClN3O/c1-3-15-7-5-12-4-6-14-9(2)10(11)8-13-14/h8,12H,3-7H2,1-2H3. The highest BCUT2D eigenvalue weighted by molar-refractivity contribution is 6.31. The Bertz CT molecular complexity index is 288. The van der Waals surface area contributed by atoms with Gasteiger partial charge in [0.2, 0.25) is 0 Å². The molecule has 0 spiro atoms. The third kappa shape index (κ3) is 4.20. The van der Waals surface area contributed by atoms with Crippen LogP contribution in [0.25, 0.3) is 0 Å². The molecule has 15 heavy (non-hydrogen) atoms. The SMILES string of the molecule is CCOCCNCCn1ncc(Cl)c1C. The van der Waals surface area contributed by atoms with Gasteiger partial charge in [0.05, 0.1) is 30.1 Å². The van der Waals surface area contributed by atoms with Gasteiger partial charge in [-0.2, -0.15) is 5.10 Å². The highest BCUT2D eigenvalue weighted by Gasteiger charge is 2.02. The lowest BCUT2D eigenvalue weighted by atomic mass is 10.4. The molecule has 0 saturated heterocycles. The van der Waals surface area contributed by atoms with Crippen LogP contribution in [0.4, 0.5) is 0 Å². The molecule has 4 nitrogen and oxygen atoms in total. The molecule has 0 aromatic carbocycles. The summed E-state index contributed by atoms with van der Waals surface area (Å²) in [7, 11) is 0. The zero-order valence-electron chi connectivity index (χ0n) is 9.29. The van der Waals surface area contributed by atoms with Gasteiger partial charge in [-0.1, -0.05) is 11.6 Å². The lowest BCUT2D eigenvalue weighted by Gasteiger charge is -2.06. The Kier molecular flexibility index (Phi) is 5.68. The van der Waals surface area contributed by atoms with E-state index in [1.807, 2.05) is 18.5 Å². The molecule has 0 bridgehead atoms. The van der Waals surface area contributed by atoms with E-state index in [2.05, 4.69) is 10.4 Å². The molecular formula is C10H18ClN3O. The highest BCUT2D eigenvalue weighted by Crippen LogP contribution is 2.12. The average Bonchev–Trinajstić information content (AvgIpc) is 2.54. The molecule has 0 unspecified atom stereocenters. The summed E-state index contributed by atoms with van der Waals surface area (Å²) < 4.78 is 7.11. The topological polar surface area (TPSA) is 39.1 Å². The van der Waals surface area contributed by atoms with Gasteiger partial charge in [-0.15, -0.1) is 0 Å². The van der Waals surface area contributed by atoms with E-state index in [0.717, 1.165) is 43.6 Å². The second kappa shape index (κ2) is 6.82. The Morgan fingerprint density at radius 1 is 1.53 bits per heavy atom. The molecule has 1 heterocycles. The molecular weight excluding hydrogens is 214 g/mol. The second-order valence-electron chi connectivity index (χ2n) is 3.25. The number of hydrogen-bond donors (Lipinski definition) is 1. The first-order chi connectivity index (χ1) is 7.25. The molecule has 0 aliphatic carbocycles. The van der Waals surface area contributed by atoms with Crippen molar-refractivity contribution in [1.82, 2.24) is 15.1 Å². The summed E-state index contributed by atoms with van der Waals surface area (Å²) in [5.74, 6) is 0. The van der Waals surface area contributed by atoms with Crippen molar-refractivity contribution in [3.8, 4) is 0 Å². The fourth-order valence-corrected chi connectivity index (χ4v) is 1.39. The van der Waals surface area contributed by atoms with Crippen molar-refractivity contribution in [3.63, 3.8) is 0 Å². The fourth-order valence-electron chi connectivity index (χ4n) is 1.25. The summed E-state index contributed by atoms with van der Waals surface area (Å²) >= 11 is 5.89. The highest BCUT2D eigenvalue weighted by atomic mass is 35.5. The van der Waals surface area contributed by atoms with Crippen LogP contribution in [-0.2, 0) is 11.3 Å². The summed E-state index contributed by atoms with van der Waals surface area (Å²) in [5, 5.41) is 8.17. The van der Waals surface area contributed by atoms with Crippen LogP contribution in [0.2, 0.25) is 5.02 Å². The Morgan fingerprint density at radius 2 is 2.33 bits per heavy atom. The minimum absolute atomic E-state index is 0.726. The van der Waals surface area contributed by atoms with E-state index in [1.54, 1.807) is 6.20 Å². The van der Waals surface area contributed by atoms with Gasteiger partial charge < -0.3 is 10.1 Å². The molecule has 0 aliphatic rings. The van der Waals surface area contributed by atoms with E-state index in [-0.39, 0.29) is 0 Å². The molecule has 0 fully saturated rings. The third-order valence-electron chi connectivity index (χ3n) is 2.17. The van der Waals surface area contributed by atoms with Gasteiger partial charge in [0, 0.05) is 19.7 Å². The van der Waals surface area contributed by atoms with Gasteiger partial charge >= 0.3 is 0 Å². The maximum absolute atomic E-state index is 5.89. The average molecular weight is 232 g/mol. The lowest BCUT2D eigenvalue weighted by Crippen LogP contribution is -2.24. The number of nitrogens with one attached hydrogen (secondary N) is 1. The monoisotopic (exact) mass is 231 g/mol. The van der Waals surface area contributed by atoms with E-state index in [0.29, 0.717) is 0 Å². The zero-order chi connectivity index (χ0) is 11.1. The lowest BCUT2D eigenvalue weighted by molar-refractivity contribution is 0.149. The van der Waals surface area contributed by atoms with Crippen LogP contribution in [0, 0.1) is 6.92 Å². The predicted molar refractivity (Wildman–Crippen MR) is 61.3 cm³/mol. The molecule has 0 radical (unpaired) electrons. The minimum Gasteiger partial charge on any atom is -0.380 e. The van der Waals surface area contributed by atoms with E-state index in [1.165, 1.54) is 0 Å². The summed E-state index contributed by atoms with van der Waals surface area (Å²) in [5.41, 5.74) is 1.02. The third-order valence-corrected chi connectivity index (χ3v) is 2.54. The van der Waals surface area contributed by atoms with E-state index < -0.39 is 0 Å². The van der Waals surface area contributed by atoms with Gasteiger partial charge in [-0.05, 0) is 13.8 Å². The Balaban J connectivity index is 2.12. The van der Waals surface area contributed by atoms with Crippen LogP contribution >= 0.6 is 11.6 Å². The summed E-state index contributed by atoms with van der Waals surface area (Å²) in [6.45, 7) is 8.09. The number of aromatic nitrogens is 2. The van der Waals surface area contributed by atoms with E-state index >= 15 is 0 Å². The van der Waals surface area contributed by atoms with Crippen LogP contribution in [0.3, 0.4) is 0 Å². The largest absolute Gasteiger partial charge is 0.380 e. The second-order valence-corrected chi connectivity index (χ2v) is 3.66. The molecule has 0 aliphatic heterocycles. The number of ether oxygens (including phenoxy) is 1. The van der Waals surface area contributed by atoms with Crippen molar-refractivity contribution >= 4 is 11.6 Å². The van der Waals surface area contributed by atoms with Crippen molar-refractivity contribution in [2.24, 2.45) is 0 Å². The van der Waals surface area contributed by atoms with Gasteiger partial charge in [-0.25, -0.2) is 0 Å². The predicted octanol–water partition coefficient (Wildman–Crippen LogP) is 1.47. The maximum Gasteiger partial charge on any atom is 0.0814 e. The number of rotatable bonds is 7. The quantitative estimate of drug-likeness (QED) is 0.723. The molecule has 1 N–H and O–H groups in total. The van der Waals surface area contributed by atoms with Crippen LogP contribution < -0.4 is 5.32 Å². The van der Waals surface area contributed by atoms with Crippen molar-refractivity contribution in [3.05, 3.63) is 16.9 Å². The molecule has 0 atom stereocenters.